The molecule has 0 bridgehead atoms. The van der Waals surface area contributed by atoms with E-state index < -0.39 is 0 Å². The van der Waals surface area contributed by atoms with Gasteiger partial charge in [0, 0.05) is 22.9 Å². The van der Waals surface area contributed by atoms with Crippen LogP contribution in [-0.2, 0) is 0 Å². The van der Waals surface area contributed by atoms with Gasteiger partial charge in [0.15, 0.2) is 0 Å². The first-order valence-corrected chi connectivity index (χ1v) is 7.17. The molecule has 2 aromatic rings. The predicted molar refractivity (Wildman–Crippen MR) is 90.9 cm³/mol. The Labute approximate surface area is 127 Å². The van der Waals surface area contributed by atoms with E-state index in [2.05, 4.69) is 56.7 Å². The van der Waals surface area contributed by atoms with Crippen molar-refractivity contribution >= 4 is 6.21 Å². The second-order valence-corrected chi connectivity index (χ2v) is 6.13. The molecular weight excluding hydrogens is 254 g/mol. The molecule has 0 saturated heterocycles. The third-order valence-electron chi connectivity index (χ3n) is 2.94. The van der Waals surface area contributed by atoms with E-state index in [0.29, 0.717) is 0 Å². The van der Waals surface area contributed by atoms with Crippen LogP contribution in [0, 0.1) is 18.8 Å². The molecule has 0 spiro atoms. The summed E-state index contributed by atoms with van der Waals surface area (Å²) in [5, 5.41) is 0. The van der Waals surface area contributed by atoms with E-state index in [1.54, 1.807) is 0 Å². The van der Waals surface area contributed by atoms with Crippen molar-refractivity contribution in [2.45, 2.75) is 33.2 Å². The van der Waals surface area contributed by atoms with Crippen molar-refractivity contribution in [2.24, 2.45) is 4.99 Å². The van der Waals surface area contributed by atoms with Crippen LogP contribution in [0.25, 0.3) is 0 Å². The first-order chi connectivity index (χ1) is 9.94. The lowest BCUT2D eigenvalue weighted by Gasteiger charge is -2.11. The fraction of sp³-hybridized carbons (Fsp3) is 0.250. The Bertz CT molecular complexity index is 689. The number of hydrogen-bond acceptors (Lipinski definition) is 1. The quantitative estimate of drug-likeness (QED) is 0.532. The molecule has 2 aromatic carbocycles. The van der Waals surface area contributed by atoms with Crippen LogP contribution in [0.5, 0.6) is 0 Å². The Hall–Kier alpha value is -2.33. The lowest BCUT2D eigenvalue weighted by Crippen LogP contribution is -2.09. The van der Waals surface area contributed by atoms with Crippen molar-refractivity contribution in [3.8, 4) is 11.8 Å². The summed E-state index contributed by atoms with van der Waals surface area (Å²) in [6.07, 6.45) is 1.92. The van der Waals surface area contributed by atoms with Gasteiger partial charge in [0.25, 0.3) is 0 Å². The smallest absolute Gasteiger partial charge is 0.0524 e. The van der Waals surface area contributed by atoms with Gasteiger partial charge in [0.05, 0.1) is 5.54 Å². The summed E-state index contributed by atoms with van der Waals surface area (Å²) in [4.78, 5) is 4.56. The molecule has 106 valence electrons. The van der Waals surface area contributed by atoms with E-state index in [0.717, 1.165) is 16.7 Å². The Kier molecular flexibility index (Phi) is 4.60. The average Bonchev–Trinajstić information content (AvgIpc) is 2.44. The third kappa shape index (κ3) is 4.93. The van der Waals surface area contributed by atoms with Gasteiger partial charge in [-0.05, 0) is 45.9 Å². The SMILES string of the molecule is Cc1ccc(C#Cc2ccccc2C=NC(C)(C)C)cc1. The molecule has 21 heavy (non-hydrogen) atoms. The van der Waals surface area contributed by atoms with Crippen molar-refractivity contribution in [2.75, 3.05) is 0 Å². The fourth-order valence-electron chi connectivity index (χ4n) is 1.76. The van der Waals surface area contributed by atoms with Gasteiger partial charge >= 0.3 is 0 Å². The number of nitrogens with zero attached hydrogens (tertiary/aromatic N) is 1. The van der Waals surface area contributed by atoms with Gasteiger partial charge in [-0.1, -0.05) is 47.7 Å². The minimum absolute atomic E-state index is 0.0719. The van der Waals surface area contributed by atoms with Crippen LogP contribution in [-0.4, -0.2) is 11.8 Å². The topological polar surface area (TPSA) is 12.4 Å². The van der Waals surface area contributed by atoms with Gasteiger partial charge in [0.2, 0.25) is 0 Å². The Morgan fingerprint density at radius 3 is 2.24 bits per heavy atom. The van der Waals surface area contributed by atoms with Crippen LogP contribution in [0.2, 0.25) is 0 Å². The molecular formula is C20H21N. The maximum absolute atomic E-state index is 4.56. The van der Waals surface area contributed by atoms with Gasteiger partial charge in [-0.3, -0.25) is 4.99 Å². The highest BCUT2D eigenvalue weighted by atomic mass is 14.8. The number of aryl methyl sites for hydroxylation is 1. The van der Waals surface area contributed by atoms with Crippen molar-refractivity contribution in [1.29, 1.82) is 0 Å². The number of rotatable bonds is 1. The van der Waals surface area contributed by atoms with Crippen LogP contribution in [0.15, 0.2) is 53.5 Å². The Morgan fingerprint density at radius 2 is 1.57 bits per heavy atom. The molecule has 0 radical (unpaired) electrons. The molecule has 0 aromatic heterocycles. The van der Waals surface area contributed by atoms with Gasteiger partial charge in [-0.2, -0.15) is 0 Å². The molecule has 0 N–H and O–H groups in total. The molecule has 0 heterocycles. The van der Waals surface area contributed by atoms with Gasteiger partial charge in [-0.15, -0.1) is 0 Å². The predicted octanol–water partition coefficient (Wildman–Crippen LogP) is 4.61. The van der Waals surface area contributed by atoms with E-state index in [1.807, 2.05) is 42.6 Å². The highest BCUT2D eigenvalue weighted by Crippen LogP contribution is 2.10. The molecule has 0 aliphatic carbocycles. The minimum atomic E-state index is -0.0719. The summed E-state index contributed by atoms with van der Waals surface area (Å²) >= 11 is 0. The first kappa shape index (κ1) is 15.1. The summed E-state index contributed by atoms with van der Waals surface area (Å²) in [7, 11) is 0. The standard InChI is InChI=1S/C20H21N/c1-16-9-11-17(12-10-16)13-14-18-7-5-6-8-19(18)15-21-20(2,3)4/h5-12,15H,1-4H3. The van der Waals surface area contributed by atoms with Crippen LogP contribution >= 0.6 is 0 Å². The summed E-state index contributed by atoms with van der Waals surface area (Å²) in [6, 6.07) is 16.4. The summed E-state index contributed by atoms with van der Waals surface area (Å²) in [5.74, 6) is 6.46. The fourth-order valence-corrected chi connectivity index (χ4v) is 1.76. The molecule has 2 rings (SSSR count). The zero-order chi connectivity index (χ0) is 15.3. The summed E-state index contributed by atoms with van der Waals surface area (Å²) in [6.45, 7) is 8.34. The van der Waals surface area contributed by atoms with E-state index in [9.17, 15) is 0 Å². The van der Waals surface area contributed by atoms with Crippen molar-refractivity contribution in [3.63, 3.8) is 0 Å². The van der Waals surface area contributed by atoms with Crippen LogP contribution in [0.4, 0.5) is 0 Å². The van der Waals surface area contributed by atoms with Gasteiger partial charge < -0.3 is 0 Å². The van der Waals surface area contributed by atoms with E-state index in [4.69, 9.17) is 0 Å². The molecule has 0 saturated carbocycles. The molecule has 1 nitrogen and oxygen atoms in total. The number of benzene rings is 2. The largest absolute Gasteiger partial charge is 0.287 e. The molecule has 0 amide bonds. The van der Waals surface area contributed by atoms with E-state index in [1.165, 1.54) is 5.56 Å². The molecule has 0 fully saturated rings. The third-order valence-corrected chi connectivity index (χ3v) is 2.94. The zero-order valence-corrected chi connectivity index (χ0v) is 13.1. The highest BCUT2D eigenvalue weighted by Gasteiger charge is 2.05. The minimum Gasteiger partial charge on any atom is -0.287 e. The maximum atomic E-state index is 4.56. The second kappa shape index (κ2) is 6.41. The molecule has 0 atom stereocenters. The van der Waals surface area contributed by atoms with E-state index in [-0.39, 0.29) is 5.54 Å². The molecule has 1 heteroatoms. The number of aliphatic imine (C=N–C) groups is 1. The van der Waals surface area contributed by atoms with E-state index >= 15 is 0 Å². The monoisotopic (exact) mass is 275 g/mol. The van der Waals surface area contributed by atoms with Crippen LogP contribution in [0.3, 0.4) is 0 Å². The van der Waals surface area contributed by atoms with Crippen molar-refractivity contribution < 1.29 is 0 Å². The van der Waals surface area contributed by atoms with Gasteiger partial charge in [0.1, 0.15) is 0 Å². The van der Waals surface area contributed by atoms with Gasteiger partial charge in [-0.25, -0.2) is 0 Å². The normalized spacial score (nSPS) is 11.2. The maximum Gasteiger partial charge on any atom is 0.0524 e. The Morgan fingerprint density at radius 1 is 0.905 bits per heavy atom. The molecule has 0 unspecified atom stereocenters. The van der Waals surface area contributed by atoms with Crippen molar-refractivity contribution in [3.05, 3.63) is 70.8 Å². The number of hydrogen-bond donors (Lipinski definition) is 0. The lowest BCUT2D eigenvalue weighted by atomic mass is 10.1. The summed E-state index contributed by atoms with van der Waals surface area (Å²) in [5.41, 5.74) is 4.27. The second-order valence-electron chi connectivity index (χ2n) is 6.13. The lowest BCUT2D eigenvalue weighted by molar-refractivity contribution is 0.586. The summed E-state index contributed by atoms with van der Waals surface area (Å²) < 4.78 is 0. The molecule has 0 aliphatic heterocycles. The zero-order valence-electron chi connectivity index (χ0n) is 13.1. The highest BCUT2D eigenvalue weighted by molar-refractivity contribution is 5.83. The van der Waals surface area contributed by atoms with Crippen LogP contribution < -0.4 is 0 Å². The van der Waals surface area contributed by atoms with Crippen LogP contribution in [0.1, 0.15) is 43.0 Å². The Balaban J connectivity index is 2.29. The van der Waals surface area contributed by atoms with Crippen molar-refractivity contribution in [1.82, 2.24) is 0 Å². The average molecular weight is 275 g/mol. The first-order valence-electron chi connectivity index (χ1n) is 7.17. The molecule has 0 aliphatic rings.